The second kappa shape index (κ2) is 7.33. The van der Waals surface area contributed by atoms with E-state index in [1.165, 1.54) is 0 Å². The normalized spacial score (nSPS) is 18.2. The third-order valence-corrected chi connectivity index (χ3v) is 5.51. The highest BCUT2D eigenvalue weighted by atomic mass is 35.5. The maximum atomic E-state index is 11.5. The number of carbonyl (C=O) groups is 1. The van der Waals surface area contributed by atoms with Crippen LogP contribution in [-0.2, 0) is 12.8 Å². The van der Waals surface area contributed by atoms with E-state index < -0.39 is 5.97 Å². The molecular formula is C24H21ClO3. The van der Waals surface area contributed by atoms with Gasteiger partial charge in [0.1, 0.15) is 11.4 Å². The van der Waals surface area contributed by atoms with Crippen molar-refractivity contribution in [2.75, 3.05) is 0 Å². The summed E-state index contributed by atoms with van der Waals surface area (Å²) in [5, 5.41) is 10.2. The largest absolute Gasteiger partial charge is 0.487 e. The lowest BCUT2D eigenvalue weighted by molar-refractivity contribution is 0.0654. The van der Waals surface area contributed by atoms with Crippen LogP contribution in [0.15, 0.2) is 66.7 Å². The van der Waals surface area contributed by atoms with E-state index >= 15 is 0 Å². The van der Waals surface area contributed by atoms with Crippen molar-refractivity contribution in [3.8, 4) is 16.9 Å². The molecule has 1 aliphatic heterocycles. The molecule has 0 spiro atoms. The van der Waals surface area contributed by atoms with E-state index in [-0.39, 0.29) is 5.60 Å². The minimum absolute atomic E-state index is 0.293. The highest BCUT2D eigenvalue weighted by Crippen LogP contribution is 2.38. The van der Waals surface area contributed by atoms with Crippen molar-refractivity contribution < 1.29 is 14.6 Å². The monoisotopic (exact) mass is 392 g/mol. The summed E-state index contributed by atoms with van der Waals surface area (Å²) in [7, 11) is 0. The minimum atomic E-state index is -0.918. The van der Waals surface area contributed by atoms with Gasteiger partial charge in [-0.25, -0.2) is 4.79 Å². The molecule has 3 aromatic rings. The van der Waals surface area contributed by atoms with Crippen molar-refractivity contribution in [1.29, 1.82) is 0 Å². The molecule has 1 heterocycles. The van der Waals surface area contributed by atoms with Gasteiger partial charge in [-0.15, -0.1) is 0 Å². The molecule has 142 valence electrons. The summed E-state index contributed by atoms with van der Waals surface area (Å²) < 4.78 is 6.37. The van der Waals surface area contributed by atoms with Crippen molar-refractivity contribution in [2.45, 2.75) is 31.8 Å². The van der Waals surface area contributed by atoms with Crippen LogP contribution in [0.5, 0.6) is 5.75 Å². The molecule has 4 rings (SSSR count). The summed E-state index contributed by atoms with van der Waals surface area (Å²) >= 11 is 6.12. The number of carboxylic acids is 1. The van der Waals surface area contributed by atoms with E-state index in [4.69, 9.17) is 16.3 Å². The zero-order chi connectivity index (χ0) is 19.7. The van der Waals surface area contributed by atoms with Gasteiger partial charge in [0, 0.05) is 11.4 Å². The molecular weight excluding hydrogens is 372 g/mol. The highest BCUT2D eigenvalue weighted by Gasteiger charge is 2.32. The van der Waals surface area contributed by atoms with Crippen LogP contribution >= 0.6 is 11.6 Å². The third-order valence-electron chi connectivity index (χ3n) is 5.28. The third kappa shape index (κ3) is 3.76. The molecule has 0 aliphatic carbocycles. The second-order valence-electron chi connectivity index (χ2n) is 7.53. The van der Waals surface area contributed by atoms with Gasteiger partial charge in [0.2, 0.25) is 0 Å². The number of hydrogen-bond donors (Lipinski definition) is 1. The maximum absolute atomic E-state index is 11.5. The lowest BCUT2D eigenvalue weighted by atomic mass is 9.86. The van der Waals surface area contributed by atoms with Crippen molar-refractivity contribution in [1.82, 2.24) is 0 Å². The first kappa shape index (κ1) is 18.6. The van der Waals surface area contributed by atoms with Gasteiger partial charge in [-0.3, -0.25) is 0 Å². The van der Waals surface area contributed by atoms with Crippen LogP contribution < -0.4 is 4.74 Å². The molecule has 0 aromatic heterocycles. The van der Waals surface area contributed by atoms with Crippen molar-refractivity contribution in [3.05, 3.63) is 88.4 Å². The number of rotatable bonds is 4. The van der Waals surface area contributed by atoms with E-state index in [1.54, 1.807) is 12.1 Å². The number of ether oxygens (including phenoxy) is 1. The molecule has 0 saturated heterocycles. The Morgan fingerprint density at radius 1 is 1.11 bits per heavy atom. The summed E-state index contributed by atoms with van der Waals surface area (Å²) in [6.07, 6.45) is 2.56. The Bertz CT molecular complexity index is 1040. The standard InChI is InChI=1S/C24H21ClO3/c1-24(15-16-5-4-6-19(25)13-16)12-11-18-14-17(9-10-22(18)28-24)20-7-2-3-8-21(20)23(26)27/h2-10,13-14H,11-12,15H2,1H3,(H,26,27)/t24-/m1/s1. The molecule has 28 heavy (non-hydrogen) atoms. The van der Waals surface area contributed by atoms with E-state index in [9.17, 15) is 9.90 Å². The molecule has 1 atom stereocenters. The number of halogens is 1. The van der Waals surface area contributed by atoms with Crippen LogP contribution in [-0.4, -0.2) is 16.7 Å². The highest BCUT2D eigenvalue weighted by molar-refractivity contribution is 6.30. The molecule has 0 radical (unpaired) electrons. The molecule has 0 saturated carbocycles. The first-order valence-corrected chi connectivity index (χ1v) is 9.70. The van der Waals surface area contributed by atoms with Gasteiger partial charge >= 0.3 is 5.97 Å². The number of aromatic carboxylic acids is 1. The Morgan fingerprint density at radius 2 is 1.93 bits per heavy atom. The summed E-state index contributed by atoms with van der Waals surface area (Å²) in [6, 6.07) is 20.9. The molecule has 3 aromatic carbocycles. The average molecular weight is 393 g/mol. The van der Waals surface area contributed by atoms with Gasteiger partial charge in [-0.05, 0) is 72.4 Å². The number of benzene rings is 3. The average Bonchev–Trinajstić information content (AvgIpc) is 2.67. The molecule has 4 heteroatoms. The predicted molar refractivity (Wildman–Crippen MR) is 111 cm³/mol. The fourth-order valence-electron chi connectivity index (χ4n) is 3.88. The lowest BCUT2D eigenvalue weighted by Gasteiger charge is -2.36. The summed E-state index contributed by atoms with van der Waals surface area (Å²) in [6.45, 7) is 2.13. The smallest absolute Gasteiger partial charge is 0.336 e. The van der Waals surface area contributed by atoms with Crippen LogP contribution in [0.25, 0.3) is 11.1 Å². The zero-order valence-electron chi connectivity index (χ0n) is 15.6. The Kier molecular flexibility index (Phi) is 4.86. The van der Waals surface area contributed by atoms with Crippen LogP contribution in [0.2, 0.25) is 5.02 Å². The van der Waals surface area contributed by atoms with Crippen LogP contribution in [0, 0.1) is 0 Å². The Balaban J connectivity index is 1.61. The molecule has 1 N–H and O–H groups in total. The second-order valence-corrected chi connectivity index (χ2v) is 7.97. The number of carboxylic acid groups (broad SMARTS) is 1. The summed E-state index contributed by atoms with van der Waals surface area (Å²) in [5.41, 5.74) is 3.92. The molecule has 0 fully saturated rings. The number of hydrogen-bond acceptors (Lipinski definition) is 2. The van der Waals surface area contributed by atoms with Gasteiger partial charge in [-0.1, -0.05) is 48.0 Å². The van der Waals surface area contributed by atoms with Gasteiger partial charge in [0.15, 0.2) is 0 Å². The summed E-state index contributed by atoms with van der Waals surface area (Å²) in [4.78, 5) is 11.5. The van der Waals surface area contributed by atoms with E-state index in [0.717, 1.165) is 52.3 Å². The molecule has 3 nitrogen and oxygen atoms in total. The number of fused-ring (bicyclic) bond motifs is 1. The fraction of sp³-hybridized carbons (Fsp3) is 0.208. The Hall–Kier alpha value is -2.78. The first-order chi connectivity index (χ1) is 13.4. The van der Waals surface area contributed by atoms with Gasteiger partial charge in [-0.2, -0.15) is 0 Å². The summed E-state index contributed by atoms with van der Waals surface area (Å²) in [5.74, 6) is -0.0500. The molecule has 0 unspecified atom stereocenters. The lowest BCUT2D eigenvalue weighted by Crippen LogP contribution is -2.38. The number of aryl methyl sites for hydroxylation is 1. The Morgan fingerprint density at radius 3 is 2.71 bits per heavy atom. The first-order valence-electron chi connectivity index (χ1n) is 9.33. The van der Waals surface area contributed by atoms with Crippen LogP contribution in [0.1, 0.15) is 34.8 Å². The van der Waals surface area contributed by atoms with Gasteiger partial charge in [0.25, 0.3) is 0 Å². The fourth-order valence-corrected chi connectivity index (χ4v) is 4.09. The Labute approximate surface area is 169 Å². The van der Waals surface area contributed by atoms with Gasteiger partial charge < -0.3 is 9.84 Å². The molecule has 0 bridgehead atoms. The maximum Gasteiger partial charge on any atom is 0.336 e. The SMILES string of the molecule is C[C@]1(Cc2cccc(Cl)c2)CCc2cc(-c3ccccc3C(=O)O)ccc2O1. The van der Waals surface area contributed by atoms with Gasteiger partial charge in [0.05, 0.1) is 5.56 Å². The predicted octanol–water partition coefficient (Wildman–Crippen LogP) is 6.03. The topological polar surface area (TPSA) is 46.5 Å². The quantitative estimate of drug-likeness (QED) is 0.589. The molecule has 1 aliphatic rings. The van der Waals surface area contributed by atoms with Crippen LogP contribution in [0.3, 0.4) is 0 Å². The van der Waals surface area contributed by atoms with E-state index in [2.05, 4.69) is 19.1 Å². The van der Waals surface area contributed by atoms with Crippen molar-refractivity contribution in [2.24, 2.45) is 0 Å². The molecule has 0 amide bonds. The van der Waals surface area contributed by atoms with E-state index in [0.29, 0.717) is 5.56 Å². The zero-order valence-corrected chi connectivity index (χ0v) is 16.4. The minimum Gasteiger partial charge on any atom is -0.487 e. The van der Waals surface area contributed by atoms with Crippen LogP contribution in [0.4, 0.5) is 0 Å². The van der Waals surface area contributed by atoms with E-state index in [1.807, 2.05) is 42.5 Å². The van der Waals surface area contributed by atoms with Crippen molar-refractivity contribution in [3.63, 3.8) is 0 Å². The van der Waals surface area contributed by atoms with Crippen molar-refractivity contribution >= 4 is 17.6 Å².